The number of aliphatic carboxylic acids is 1. The number of carboxylic acids is 1. The number of carboxylic acid groups (broad SMARTS) is 1. The van der Waals surface area contributed by atoms with E-state index in [0.717, 1.165) is 19.4 Å². The Morgan fingerprint density at radius 2 is 1.96 bits per heavy atom. The van der Waals surface area contributed by atoms with Crippen molar-refractivity contribution in [2.75, 3.05) is 13.1 Å². The molecule has 0 spiro atoms. The molecule has 3 nitrogen and oxygen atoms in total. The lowest BCUT2D eigenvalue weighted by Crippen LogP contribution is -2.60. The molecule has 3 aliphatic carbocycles. The maximum absolute atomic E-state index is 12.6. The Kier molecular flexibility index (Phi) is 3.21. The highest BCUT2D eigenvalue weighted by molar-refractivity contribution is 5.80. The first-order valence-corrected chi connectivity index (χ1v) is 9.63. The normalized spacial score (nSPS) is 34.4. The molecule has 1 saturated carbocycles. The van der Waals surface area contributed by atoms with Crippen LogP contribution in [0.5, 0.6) is 0 Å². The summed E-state index contributed by atoms with van der Waals surface area (Å²) in [6, 6.07) is 15.4. The molecular formula is C23H25NO2. The van der Waals surface area contributed by atoms with Crippen molar-refractivity contribution in [3.63, 3.8) is 0 Å². The molecule has 4 atom stereocenters. The molecule has 1 aliphatic heterocycles. The zero-order valence-corrected chi connectivity index (χ0v) is 15.4. The van der Waals surface area contributed by atoms with Crippen molar-refractivity contribution in [3.05, 3.63) is 70.3 Å². The van der Waals surface area contributed by atoms with Gasteiger partial charge in [0.15, 0.2) is 0 Å². The van der Waals surface area contributed by atoms with Gasteiger partial charge in [-0.1, -0.05) is 42.5 Å². The smallest absolute Gasteiger partial charge is 0.311 e. The van der Waals surface area contributed by atoms with Crippen LogP contribution in [-0.2, 0) is 10.2 Å². The second-order valence-corrected chi connectivity index (χ2v) is 8.48. The van der Waals surface area contributed by atoms with Crippen molar-refractivity contribution in [1.29, 1.82) is 0 Å². The summed E-state index contributed by atoms with van der Waals surface area (Å²) >= 11 is 0. The molecule has 2 bridgehead atoms. The Bertz CT molecular complexity index is 920. The first-order chi connectivity index (χ1) is 12.5. The minimum atomic E-state index is -0.689. The van der Waals surface area contributed by atoms with Crippen LogP contribution in [0, 0.1) is 25.2 Å². The highest BCUT2D eigenvalue weighted by Gasteiger charge is 2.68. The van der Waals surface area contributed by atoms with E-state index in [4.69, 9.17) is 0 Å². The minimum Gasteiger partial charge on any atom is -0.481 e. The van der Waals surface area contributed by atoms with Gasteiger partial charge in [0.2, 0.25) is 0 Å². The Morgan fingerprint density at radius 1 is 1.15 bits per heavy atom. The third-order valence-corrected chi connectivity index (χ3v) is 7.67. The van der Waals surface area contributed by atoms with Gasteiger partial charge in [-0.15, -0.1) is 0 Å². The summed E-state index contributed by atoms with van der Waals surface area (Å²) in [6.07, 6.45) is 1.99. The van der Waals surface area contributed by atoms with Gasteiger partial charge in [0, 0.05) is 30.3 Å². The largest absolute Gasteiger partial charge is 0.481 e. The third kappa shape index (κ3) is 1.70. The van der Waals surface area contributed by atoms with Gasteiger partial charge in [0.05, 0.1) is 5.41 Å². The molecule has 134 valence electrons. The van der Waals surface area contributed by atoms with Gasteiger partial charge in [0.25, 0.3) is 0 Å². The lowest BCUT2D eigenvalue weighted by atomic mass is 9.42. The fourth-order valence-electron chi connectivity index (χ4n) is 6.37. The van der Waals surface area contributed by atoms with E-state index in [1.807, 2.05) is 0 Å². The quantitative estimate of drug-likeness (QED) is 0.869. The first kappa shape index (κ1) is 16.1. The van der Waals surface area contributed by atoms with Crippen LogP contribution in [0.4, 0.5) is 0 Å². The predicted octanol–water partition coefficient (Wildman–Crippen LogP) is 3.77. The van der Waals surface area contributed by atoms with Gasteiger partial charge >= 0.3 is 5.97 Å². The molecule has 4 unspecified atom stereocenters. The summed E-state index contributed by atoms with van der Waals surface area (Å²) in [7, 11) is 0. The Balaban J connectivity index is 1.85. The molecular weight excluding hydrogens is 322 g/mol. The maximum Gasteiger partial charge on any atom is 0.311 e. The summed E-state index contributed by atoms with van der Waals surface area (Å²) in [5.74, 6) is -0.409. The zero-order valence-electron chi connectivity index (χ0n) is 15.4. The Labute approximate surface area is 154 Å². The Hall–Kier alpha value is -2.13. The molecule has 2 fully saturated rings. The molecule has 1 saturated heterocycles. The fourth-order valence-corrected chi connectivity index (χ4v) is 6.37. The van der Waals surface area contributed by atoms with Crippen molar-refractivity contribution in [1.82, 2.24) is 5.32 Å². The van der Waals surface area contributed by atoms with E-state index in [9.17, 15) is 9.90 Å². The second kappa shape index (κ2) is 5.20. The SMILES string of the molecule is Cc1ccc(C23CCC(c4ccccc42)C2(C(=O)O)CNCC32)cc1C. The topological polar surface area (TPSA) is 49.3 Å². The number of rotatable bonds is 2. The number of carbonyl (C=O) groups is 1. The molecule has 6 rings (SSSR count). The molecule has 2 aromatic carbocycles. The molecule has 26 heavy (non-hydrogen) atoms. The average Bonchev–Trinajstić information content (AvgIpc) is 3.12. The lowest BCUT2D eigenvalue weighted by Gasteiger charge is -2.59. The van der Waals surface area contributed by atoms with Gasteiger partial charge < -0.3 is 10.4 Å². The predicted molar refractivity (Wildman–Crippen MR) is 102 cm³/mol. The van der Waals surface area contributed by atoms with Crippen molar-refractivity contribution >= 4 is 5.97 Å². The number of hydrogen-bond donors (Lipinski definition) is 2. The van der Waals surface area contributed by atoms with Crippen LogP contribution >= 0.6 is 0 Å². The zero-order chi connectivity index (χ0) is 18.1. The molecule has 0 aromatic heterocycles. The number of benzene rings is 2. The second-order valence-electron chi connectivity index (χ2n) is 8.48. The summed E-state index contributed by atoms with van der Waals surface area (Å²) in [5, 5.41) is 13.8. The monoisotopic (exact) mass is 347 g/mol. The van der Waals surface area contributed by atoms with Crippen LogP contribution < -0.4 is 5.32 Å². The van der Waals surface area contributed by atoms with Crippen LogP contribution in [0.1, 0.15) is 46.6 Å². The summed E-state index contributed by atoms with van der Waals surface area (Å²) in [6.45, 7) is 5.66. The molecule has 2 aromatic rings. The molecule has 1 heterocycles. The van der Waals surface area contributed by atoms with Crippen molar-refractivity contribution < 1.29 is 9.90 Å². The maximum atomic E-state index is 12.6. The van der Waals surface area contributed by atoms with Gasteiger partial charge in [-0.3, -0.25) is 4.79 Å². The highest BCUT2D eigenvalue weighted by atomic mass is 16.4. The number of hydrogen-bond acceptors (Lipinski definition) is 2. The van der Waals surface area contributed by atoms with E-state index in [1.54, 1.807) is 0 Å². The van der Waals surface area contributed by atoms with E-state index >= 15 is 0 Å². The van der Waals surface area contributed by atoms with Crippen molar-refractivity contribution in [2.24, 2.45) is 11.3 Å². The van der Waals surface area contributed by atoms with E-state index < -0.39 is 11.4 Å². The number of nitrogens with one attached hydrogen (secondary N) is 1. The van der Waals surface area contributed by atoms with Gasteiger partial charge in [-0.2, -0.15) is 0 Å². The van der Waals surface area contributed by atoms with E-state index in [0.29, 0.717) is 6.54 Å². The third-order valence-electron chi connectivity index (χ3n) is 7.67. The fraction of sp³-hybridized carbons (Fsp3) is 0.435. The standard InChI is InChI=1S/C23H25NO2/c1-14-7-8-16(11-15(14)2)22-10-9-19(17-5-3-4-6-18(17)22)23(21(25)26)13-24-12-20(22)23/h3-8,11,19-20,24H,9-10,12-13H2,1-2H3,(H,25,26). The summed E-state index contributed by atoms with van der Waals surface area (Å²) in [5.41, 5.74) is 5.61. The van der Waals surface area contributed by atoms with Crippen LogP contribution in [0.2, 0.25) is 0 Å². The Morgan fingerprint density at radius 3 is 2.73 bits per heavy atom. The van der Waals surface area contributed by atoms with E-state index in [1.165, 1.54) is 27.8 Å². The summed E-state index contributed by atoms with van der Waals surface area (Å²) in [4.78, 5) is 12.6. The number of fused-ring (bicyclic) bond motifs is 1. The lowest BCUT2D eigenvalue weighted by molar-refractivity contribution is -0.157. The molecule has 0 radical (unpaired) electrons. The van der Waals surface area contributed by atoms with Gasteiger partial charge in [0.1, 0.15) is 0 Å². The van der Waals surface area contributed by atoms with E-state index in [2.05, 4.69) is 61.6 Å². The molecule has 4 aliphatic rings. The van der Waals surface area contributed by atoms with Gasteiger partial charge in [-0.25, -0.2) is 0 Å². The first-order valence-electron chi connectivity index (χ1n) is 9.63. The molecule has 3 heteroatoms. The van der Waals surface area contributed by atoms with Gasteiger partial charge in [-0.05, 0) is 54.5 Å². The van der Waals surface area contributed by atoms with Crippen LogP contribution in [-0.4, -0.2) is 24.2 Å². The molecule has 0 amide bonds. The average molecular weight is 347 g/mol. The van der Waals surface area contributed by atoms with Crippen molar-refractivity contribution in [3.8, 4) is 0 Å². The van der Waals surface area contributed by atoms with Crippen molar-refractivity contribution in [2.45, 2.75) is 38.0 Å². The minimum absolute atomic E-state index is 0.100. The van der Waals surface area contributed by atoms with Crippen LogP contribution in [0.25, 0.3) is 0 Å². The highest BCUT2D eigenvalue weighted by Crippen LogP contribution is 2.67. The van der Waals surface area contributed by atoms with E-state index in [-0.39, 0.29) is 17.3 Å². The van der Waals surface area contributed by atoms with Crippen LogP contribution in [0.15, 0.2) is 42.5 Å². The number of aryl methyl sites for hydroxylation is 2. The van der Waals surface area contributed by atoms with Crippen LogP contribution in [0.3, 0.4) is 0 Å². The molecule has 2 N–H and O–H groups in total. The summed E-state index contributed by atoms with van der Waals surface area (Å²) < 4.78 is 0.